The number of alkyl halides is 1. The maximum absolute atomic E-state index is 15.2. The third kappa shape index (κ3) is 3.97. The number of hydrogen-bond acceptors (Lipinski definition) is 9. The molecule has 0 radical (unpaired) electrons. The van der Waals surface area contributed by atoms with Crippen molar-refractivity contribution in [2.75, 3.05) is 37.7 Å². The van der Waals surface area contributed by atoms with E-state index >= 15 is 4.39 Å². The highest BCUT2D eigenvalue weighted by molar-refractivity contribution is 6.01. The van der Waals surface area contributed by atoms with E-state index in [1.807, 2.05) is 0 Å². The summed E-state index contributed by atoms with van der Waals surface area (Å²) in [6, 6.07) is 10.5. The van der Waals surface area contributed by atoms with Crippen LogP contribution in [0.5, 0.6) is 17.6 Å². The number of ether oxygens (including phenoxy) is 2. The Bertz CT molecular complexity index is 1790. The zero-order chi connectivity index (χ0) is 28.9. The van der Waals surface area contributed by atoms with Gasteiger partial charge in [-0.05, 0) is 61.9 Å². The molecule has 11 heteroatoms. The highest BCUT2D eigenvalue weighted by Crippen LogP contribution is 2.44. The number of fused-ring (bicyclic) bond motifs is 7. The van der Waals surface area contributed by atoms with Crippen molar-refractivity contribution < 1.29 is 23.4 Å². The first-order valence-electron chi connectivity index (χ1n) is 15.3. The Morgan fingerprint density at radius 3 is 2.98 bits per heavy atom. The average Bonchev–Trinajstić information content (AvgIpc) is 3.62. The summed E-state index contributed by atoms with van der Waals surface area (Å²) >= 11 is 0. The van der Waals surface area contributed by atoms with Crippen molar-refractivity contribution in [1.29, 1.82) is 0 Å². The largest absolute Gasteiger partial charge is 0.508 e. The Labute approximate surface area is 246 Å². The number of nitrogens with one attached hydrogen (secondary N) is 1. The number of halogens is 2. The Kier molecular flexibility index (Phi) is 5.57. The molecule has 4 saturated heterocycles. The third-order valence-electron chi connectivity index (χ3n) is 10.2. The highest BCUT2D eigenvalue weighted by Gasteiger charge is 2.49. The lowest BCUT2D eigenvalue weighted by molar-refractivity contribution is 0.107. The lowest BCUT2D eigenvalue weighted by atomic mass is 9.95. The van der Waals surface area contributed by atoms with E-state index in [0.717, 1.165) is 44.6 Å². The van der Waals surface area contributed by atoms with Crippen LogP contribution in [-0.2, 0) is 0 Å². The second kappa shape index (κ2) is 9.33. The number of benzene rings is 2. The SMILES string of the molecule is Oc1cc(-c2cc3nc(OC[C@@]45CCCN4C[C@H](F)C5)nc4c3c(n2)OCC2C3CCC(CN42)N3)c2c(F)cccc2c1. The molecular weight excluding hydrogens is 554 g/mol. The standard InChI is InChI=1S/C32H32F2N6O3/c33-18-12-32(7-2-8-39(32)13-18)16-43-31-37-25-11-24(21-10-20(41)9-17-3-1-4-22(34)27(17)21)36-30-28(25)29(38-31)40-14-19-5-6-23(35-19)26(40)15-42-30/h1,3-4,9-11,18-19,23,26,35,41H,2,5-8,12-16H2/t18-,19?,23?,26?,32+/m1/s1. The molecule has 2 aromatic heterocycles. The number of anilines is 1. The number of phenols is 1. The molecule has 2 aromatic carbocycles. The molecule has 5 aliphatic rings. The summed E-state index contributed by atoms with van der Waals surface area (Å²) in [7, 11) is 0. The second-order valence-electron chi connectivity index (χ2n) is 12.8. The van der Waals surface area contributed by atoms with Crippen molar-refractivity contribution in [2.45, 2.75) is 61.9 Å². The van der Waals surface area contributed by atoms with E-state index in [4.69, 9.17) is 24.4 Å². The smallest absolute Gasteiger partial charge is 0.319 e. The number of rotatable bonds is 4. The molecule has 0 amide bonds. The molecule has 9 nitrogen and oxygen atoms in total. The van der Waals surface area contributed by atoms with Gasteiger partial charge in [0.25, 0.3) is 0 Å². The van der Waals surface area contributed by atoms with Gasteiger partial charge in [-0.3, -0.25) is 4.90 Å². The number of hydrogen-bond donors (Lipinski definition) is 2. The molecule has 3 unspecified atom stereocenters. The lowest BCUT2D eigenvalue weighted by Gasteiger charge is -2.40. The Hall–Kier alpha value is -3.83. The van der Waals surface area contributed by atoms with Crippen LogP contribution in [0.1, 0.15) is 32.1 Å². The number of phenolic OH excluding ortho intramolecular Hbond substituents is 1. The highest BCUT2D eigenvalue weighted by atomic mass is 19.1. The van der Waals surface area contributed by atoms with Gasteiger partial charge in [-0.1, -0.05) is 12.1 Å². The van der Waals surface area contributed by atoms with Gasteiger partial charge in [0.05, 0.1) is 22.8 Å². The van der Waals surface area contributed by atoms with E-state index in [1.165, 1.54) is 18.2 Å². The van der Waals surface area contributed by atoms with Gasteiger partial charge in [0.1, 0.15) is 42.2 Å². The summed E-state index contributed by atoms with van der Waals surface area (Å²) in [6.45, 7) is 2.83. The van der Waals surface area contributed by atoms with E-state index in [9.17, 15) is 9.50 Å². The topological polar surface area (TPSA) is 95.9 Å². The van der Waals surface area contributed by atoms with Gasteiger partial charge in [-0.15, -0.1) is 0 Å². The van der Waals surface area contributed by atoms with Crippen molar-refractivity contribution in [2.24, 2.45) is 0 Å². The number of aromatic nitrogens is 3. The van der Waals surface area contributed by atoms with Crippen LogP contribution in [0.4, 0.5) is 14.6 Å². The average molecular weight is 587 g/mol. The Balaban J connectivity index is 1.20. The van der Waals surface area contributed by atoms with Crippen molar-refractivity contribution in [3.05, 3.63) is 42.2 Å². The molecule has 7 heterocycles. The van der Waals surface area contributed by atoms with Gasteiger partial charge >= 0.3 is 6.01 Å². The van der Waals surface area contributed by atoms with E-state index in [2.05, 4.69) is 15.1 Å². The zero-order valence-electron chi connectivity index (χ0n) is 23.6. The zero-order valence-corrected chi connectivity index (χ0v) is 23.6. The van der Waals surface area contributed by atoms with Crippen LogP contribution in [0.15, 0.2) is 36.4 Å². The fraction of sp³-hybridized carbons (Fsp3) is 0.469. The summed E-state index contributed by atoms with van der Waals surface area (Å²) < 4.78 is 42.4. The monoisotopic (exact) mass is 586 g/mol. The van der Waals surface area contributed by atoms with Crippen LogP contribution in [0.2, 0.25) is 0 Å². The second-order valence-corrected chi connectivity index (χ2v) is 12.8. The molecule has 2 N–H and O–H groups in total. The quantitative estimate of drug-likeness (QED) is 0.362. The number of pyridine rings is 1. The third-order valence-corrected chi connectivity index (χ3v) is 10.2. The Morgan fingerprint density at radius 1 is 1.12 bits per heavy atom. The summed E-state index contributed by atoms with van der Waals surface area (Å²) in [5.41, 5.74) is 1.11. The molecule has 0 spiro atoms. The van der Waals surface area contributed by atoms with Gasteiger partial charge in [-0.25, -0.2) is 13.8 Å². The van der Waals surface area contributed by atoms with E-state index in [1.54, 1.807) is 18.2 Å². The first-order chi connectivity index (χ1) is 20.9. The fourth-order valence-electron chi connectivity index (χ4n) is 8.31. The first kappa shape index (κ1) is 25.6. The van der Waals surface area contributed by atoms with Gasteiger partial charge in [0.2, 0.25) is 5.88 Å². The van der Waals surface area contributed by atoms with Crippen LogP contribution < -0.4 is 19.7 Å². The molecule has 2 bridgehead atoms. The van der Waals surface area contributed by atoms with Crippen LogP contribution in [0, 0.1) is 5.82 Å². The molecule has 4 fully saturated rings. The lowest BCUT2D eigenvalue weighted by Crippen LogP contribution is -2.60. The predicted molar refractivity (Wildman–Crippen MR) is 157 cm³/mol. The van der Waals surface area contributed by atoms with Crippen molar-refractivity contribution in [3.8, 4) is 28.9 Å². The molecular formula is C32H32F2N6O3. The molecule has 9 rings (SSSR count). The van der Waals surface area contributed by atoms with E-state index < -0.39 is 12.0 Å². The fourth-order valence-corrected chi connectivity index (χ4v) is 8.31. The summed E-state index contributed by atoms with van der Waals surface area (Å²) in [6.07, 6.45) is 3.67. The van der Waals surface area contributed by atoms with E-state index in [-0.39, 0.29) is 29.4 Å². The predicted octanol–water partition coefficient (Wildman–Crippen LogP) is 4.35. The molecule has 43 heavy (non-hydrogen) atoms. The van der Waals surface area contributed by atoms with Crippen LogP contribution in [0.3, 0.4) is 0 Å². The minimum absolute atomic E-state index is 0.0107. The van der Waals surface area contributed by atoms with Crippen LogP contribution >= 0.6 is 0 Å². The normalized spacial score (nSPS) is 29.5. The Morgan fingerprint density at radius 2 is 2.05 bits per heavy atom. The molecule has 0 saturated carbocycles. The van der Waals surface area contributed by atoms with Crippen molar-refractivity contribution in [3.63, 3.8) is 0 Å². The van der Waals surface area contributed by atoms with Crippen molar-refractivity contribution >= 4 is 27.5 Å². The van der Waals surface area contributed by atoms with Crippen molar-refractivity contribution in [1.82, 2.24) is 25.2 Å². The number of piperazine rings is 1. The number of aromatic hydroxyl groups is 1. The maximum Gasteiger partial charge on any atom is 0.319 e. The summed E-state index contributed by atoms with van der Waals surface area (Å²) in [5, 5.41) is 15.9. The maximum atomic E-state index is 15.2. The molecule has 4 aromatic rings. The molecule has 5 aliphatic heterocycles. The first-order valence-corrected chi connectivity index (χ1v) is 15.3. The molecule has 222 valence electrons. The minimum Gasteiger partial charge on any atom is -0.508 e. The van der Waals surface area contributed by atoms with Crippen LogP contribution in [0.25, 0.3) is 32.9 Å². The number of nitrogens with zero attached hydrogens (tertiary/aromatic N) is 5. The summed E-state index contributed by atoms with van der Waals surface area (Å²) in [5.74, 6) is 0.702. The van der Waals surface area contributed by atoms with E-state index in [0.29, 0.717) is 71.0 Å². The van der Waals surface area contributed by atoms with Gasteiger partial charge < -0.3 is 24.8 Å². The molecule has 0 aliphatic carbocycles. The molecule has 5 atom stereocenters. The van der Waals surface area contributed by atoms with Crippen LogP contribution in [-0.4, -0.2) is 87.6 Å². The van der Waals surface area contributed by atoms with Gasteiger partial charge in [0, 0.05) is 42.5 Å². The van der Waals surface area contributed by atoms with Gasteiger partial charge in [-0.2, -0.15) is 9.97 Å². The minimum atomic E-state index is -0.853. The van der Waals surface area contributed by atoms with Gasteiger partial charge in [0.15, 0.2) is 0 Å². The summed E-state index contributed by atoms with van der Waals surface area (Å²) in [4.78, 5) is 19.2.